The van der Waals surface area contributed by atoms with Crippen LogP contribution in [0.4, 0.5) is 0 Å². The molecular weight excluding hydrogens is 292 g/mol. The molecule has 1 aliphatic heterocycles. The maximum Gasteiger partial charge on any atom is 0.333 e. The van der Waals surface area contributed by atoms with Crippen molar-refractivity contribution in [1.29, 1.82) is 0 Å². The van der Waals surface area contributed by atoms with Gasteiger partial charge in [0.1, 0.15) is 0 Å². The third-order valence-corrected chi connectivity index (χ3v) is 9.03. The normalized spacial score (nSPS) is 19.3. The quantitative estimate of drug-likeness (QED) is 0.461. The van der Waals surface area contributed by atoms with Crippen LogP contribution in [-0.4, -0.2) is 20.9 Å². The minimum atomic E-state index is -1.94. The second-order valence-corrected chi connectivity index (χ2v) is 12.0. The minimum Gasteiger partial charge on any atom is -0.462 e. The summed E-state index contributed by atoms with van der Waals surface area (Å²) in [7, 11) is -1.94. The lowest BCUT2D eigenvalue weighted by Gasteiger charge is -2.38. The highest BCUT2D eigenvalue weighted by molar-refractivity contribution is 6.74. The van der Waals surface area contributed by atoms with Crippen LogP contribution in [0.3, 0.4) is 0 Å². The smallest absolute Gasteiger partial charge is 0.333 e. The van der Waals surface area contributed by atoms with E-state index in [0.29, 0.717) is 13.0 Å². The largest absolute Gasteiger partial charge is 0.462 e. The molecule has 1 fully saturated rings. The minimum absolute atomic E-state index is 0.120. The Labute approximate surface area is 134 Å². The number of esters is 1. The van der Waals surface area contributed by atoms with Crippen LogP contribution in [-0.2, 0) is 14.0 Å². The van der Waals surface area contributed by atoms with Gasteiger partial charge in [-0.25, -0.2) is 4.79 Å². The molecule has 3 nitrogen and oxygen atoms in total. The molecule has 1 heterocycles. The predicted molar refractivity (Wildman–Crippen MR) is 91.1 cm³/mol. The van der Waals surface area contributed by atoms with E-state index in [1.807, 2.05) is 24.3 Å². The summed E-state index contributed by atoms with van der Waals surface area (Å²) in [5, 5.41) is 0.120. The van der Waals surface area contributed by atoms with Crippen molar-refractivity contribution in [2.75, 3.05) is 6.61 Å². The van der Waals surface area contributed by atoms with Crippen LogP contribution in [0.2, 0.25) is 18.1 Å². The standard InChI is InChI=1S/C18H26O3Si/c1-18(2,3)22(4,5)21-16(14-9-7-6-8-10-14)13-15-11-12-20-17(15)19/h6-10,13,16H,11-12H2,1-5H3/b15-13+. The molecule has 1 unspecified atom stereocenters. The lowest BCUT2D eigenvalue weighted by Crippen LogP contribution is -2.41. The summed E-state index contributed by atoms with van der Waals surface area (Å²) >= 11 is 0. The van der Waals surface area contributed by atoms with Crippen molar-refractivity contribution in [3.05, 3.63) is 47.5 Å². The van der Waals surface area contributed by atoms with Gasteiger partial charge >= 0.3 is 5.97 Å². The Morgan fingerprint density at radius 2 is 1.86 bits per heavy atom. The second-order valence-electron chi connectivity index (χ2n) is 7.29. The molecule has 2 rings (SSSR count). The summed E-state index contributed by atoms with van der Waals surface area (Å²) in [6.07, 6.45) is 2.43. The second kappa shape index (κ2) is 6.38. The first-order valence-electron chi connectivity index (χ1n) is 7.81. The van der Waals surface area contributed by atoms with Gasteiger partial charge in [0.2, 0.25) is 0 Å². The predicted octanol–water partition coefficient (Wildman–Crippen LogP) is 4.62. The first kappa shape index (κ1) is 17.0. The molecule has 1 aromatic rings. The number of ether oxygens (including phenoxy) is 1. The van der Waals surface area contributed by atoms with Crippen LogP contribution in [0.15, 0.2) is 42.0 Å². The van der Waals surface area contributed by atoms with Gasteiger partial charge in [-0.05, 0) is 29.8 Å². The van der Waals surface area contributed by atoms with E-state index < -0.39 is 8.32 Å². The van der Waals surface area contributed by atoms with Crippen molar-refractivity contribution in [2.45, 2.75) is 51.4 Å². The Bertz CT molecular complexity index is 555. The van der Waals surface area contributed by atoms with Gasteiger partial charge in [-0.1, -0.05) is 51.1 Å². The molecule has 0 amide bonds. The average Bonchev–Trinajstić information content (AvgIpc) is 2.83. The van der Waals surface area contributed by atoms with Crippen LogP contribution < -0.4 is 0 Å². The summed E-state index contributed by atoms with van der Waals surface area (Å²) in [4.78, 5) is 11.8. The Morgan fingerprint density at radius 3 is 2.36 bits per heavy atom. The summed E-state index contributed by atoms with van der Waals surface area (Å²) in [5.41, 5.74) is 1.81. The van der Waals surface area contributed by atoms with E-state index in [1.165, 1.54) is 0 Å². The molecule has 0 radical (unpaired) electrons. The summed E-state index contributed by atoms with van der Waals surface area (Å²) in [6.45, 7) is 11.6. The Hall–Kier alpha value is -1.39. The van der Waals surface area contributed by atoms with Gasteiger partial charge in [0.25, 0.3) is 0 Å². The van der Waals surface area contributed by atoms with Crippen LogP contribution >= 0.6 is 0 Å². The molecular formula is C18H26O3Si. The van der Waals surface area contributed by atoms with Gasteiger partial charge in [0, 0.05) is 12.0 Å². The first-order chi connectivity index (χ1) is 10.2. The molecule has 1 aromatic carbocycles. The number of cyclic esters (lactones) is 1. The van der Waals surface area contributed by atoms with Crippen molar-refractivity contribution in [2.24, 2.45) is 0 Å². The lowest BCUT2D eigenvalue weighted by molar-refractivity contribution is -0.135. The molecule has 4 heteroatoms. The monoisotopic (exact) mass is 318 g/mol. The van der Waals surface area contributed by atoms with Crippen LogP contribution in [0, 0.1) is 0 Å². The third kappa shape index (κ3) is 3.87. The number of carbonyl (C=O) groups is 1. The highest BCUT2D eigenvalue weighted by Crippen LogP contribution is 2.40. The van der Waals surface area contributed by atoms with Crippen molar-refractivity contribution < 1.29 is 14.0 Å². The number of benzene rings is 1. The highest BCUT2D eigenvalue weighted by Gasteiger charge is 2.39. The number of carbonyl (C=O) groups excluding carboxylic acids is 1. The summed E-state index contributed by atoms with van der Waals surface area (Å²) < 4.78 is 11.6. The van der Waals surface area contributed by atoms with Gasteiger partial charge in [-0.3, -0.25) is 0 Å². The van der Waals surface area contributed by atoms with Crippen molar-refractivity contribution in [1.82, 2.24) is 0 Å². The Kier molecular flexibility index (Phi) is 4.92. The van der Waals surface area contributed by atoms with E-state index in [-0.39, 0.29) is 17.1 Å². The first-order valence-corrected chi connectivity index (χ1v) is 10.7. The van der Waals surface area contributed by atoms with E-state index in [9.17, 15) is 4.79 Å². The zero-order chi connectivity index (χ0) is 16.4. The Morgan fingerprint density at radius 1 is 1.23 bits per heavy atom. The highest BCUT2D eigenvalue weighted by atomic mass is 28.4. The molecule has 1 saturated heterocycles. The molecule has 0 saturated carbocycles. The van der Waals surface area contributed by atoms with Crippen LogP contribution in [0.1, 0.15) is 38.9 Å². The van der Waals surface area contributed by atoms with Crippen molar-refractivity contribution in [3.8, 4) is 0 Å². The fourth-order valence-electron chi connectivity index (χ4n) is 2.12. The van der Waals surface area contributed by atoms with Crippen molar-refractivity contribution in [3.63, 3.8) is 0 Å². The lowest BCUT2D eigenvalue weighted by atomic mass is 10.1. The van der Waals surface area contributed by atoms with Crippen molar-refractivity contribution >= 4 is 14.3 Å². The zero-order valence-corrected chi connectivity index (χ0v) is 15.2. The number of hydrogen-bond donors (Lipinski definition) is 0. The van der Waals surface area contributed by atoms with Gasteiger partial charge in [-0.15, -0.1) is 0 Å². The van der Waals surface area contributed by atoms with Crippen LogP contribution in [0.5, 0.6) is 0 Å². The molecule has 0 spiro atoms. The van der Waals surface area contributed by atoms with E-state index in [4.69, 9.17) is 9.16 Å². The average molecular weight is 318 g/mol. The molecule has 1 atom stereocenters. The van der Waals surface area contributed by atoms with Crippen LogP contribution in [0.25, 0.3) is 0 Å². The van der Waals surface area contributed by atoms with Gasteiger partial charge < -0.3 is 9.16 Å². The van der Waals surface area contributed by atoms with Gasteiger partial charge in [0.05, 0.1) is 12.7 Å². The van der Waals surface area contributed by atoms with Gasteiger partial charge in [0.15, 0.2) is 8.32 Å². The summed E-state index contributed by atoms with van der Waals surface area (Å²) in [6, 6.07) is 10.1. The maximum absolute atomic E-state index is 11.8. The molecule has 0 bridgehead atoms. The fourth-order valence-corrected chi connectivity index (χ4v) is 3.31. The molecule has 0 aliphatic carbocycles. The molecule has 1 aliphatic rings. The Balaban J connectivity index is 2.33. The molecule has 120 valence electrons. The summed E-state index contributed by atoms with van der Waals surface area (Å²) in [5.74, 6) is -0.209. The van der Waals surface area contributed by atoms with E-state index >= 15 is 0 Å². The van der Waals surface area contributed by atoms with E-state index in [0.717, 1.165) is 11.1 Å². The zero-order valence-electron chi connectivity index (χ0n) is 14.2. The topological polar surface area (TPSA) is 35.5 Å². The SMILES string of the molecule is CC(C)(C)[Si](C)(C)OC(/C=C1\CCOC1=O)c1ccccc1. The number of hydrogen-bond acceptors (Lipinski definition) is 3. The van der Waals surface area contributed by atoms with E-state index in [2.05, 4.69) is 46.0 Å². The fraction of sp³-hybridized carbons (Fsp3) is 0.500. The number of rotatable bonds is 4. The van der Waals surface area contributed by atoms with Gasteiger partial charge in [-0.2, -0.15) is 0 Å². The third-order valence-electron chi connectivity index (χ3n) is 4.58. The molecule has 22 heavy (non-hydrogen) atoms. The maximum atomic E-state index is 11.8. The molecule has 0 aromatic heterocycles. The van der Waals surface area contributed by atoms with E-state index in [1.54, 1.807) is 0 Å². The molecule has 0 N–H and O–H groups in total.